The third-order valence-corrected chi connectivity index (χ3v) is 4.18. The van der Waals surface area contributed by atoms with Crippen LogP contribution in [-0.4, -0.2) is 31.4 Å². The summed E-state index contributed by atoms with van der Waals surface area (Å²) in [5.74, 6) is -1.03. The maximum Gasteiger partial charge on any atom is 0.335 e. The van der Waals surface area contributed by atoms with Gasteiger partial charge < -0.3 is 9.84 Å². The minimum atomic E-state index is -1.31. The maximum atomic E-state index is 11.2. The molecule has 0 aliphatic heterocycles. The average Bonchev–Trinajstić information content (AvgIpc) is 3.05. The van der Waals surface area contributed by atoms with Gasteiger partial charge in [-0.2, -0.15) is 5.10 Å². The van der Waals surface area contributed by atoms with Crippen LogP contribution in [0.4, 0.5) is 0 Å². The number of carbonyl (C=O) groups is 1. The molecule has 1 aromatic carbocycles. The number of para-hydroxylation sites is 1. The zero-order chi connectivity index (χ0) is 18.7. The first-order valence-electron chi connectivity index (χ1n) is 8.01. The Kier molecular flexibility index (Phi) is 5.06. The summed E-state index contributed by atoms with van der Waals surface area (Å²) in [7, 11) is 0. The normalized spacial score (nSPS) is 11.5. The van der Waals surface area contributed by atoms with E-state index in [0.29, 0.717) is 16.4 Å². The summed E-state index contributed by atoms with van der Waals surface area (Å²) in [5.41, 5.74) is 1.45. The molecule has 2 aromatic heterocycles. The van der Waals surface area contributed by atoms with Crippen LogP contribution < -0.4 is 0 Å². The van der Waals surface area contributed by atoms with E-state index in [-0.39, 0.29) is 6.61 Å². The Bertz CT molecular complexity index is 923. The number of nitrogens with zero attached hydrogens (tertiary/aromatic N) is 3. The second-order valence-electron chi connectivity index (χ2n) is 6.20. The molecule has 2 heterocycles. The van der Waals surface area contributed by atoms with E-state index in [0.717, 1.165) is 11.4 Å². The fraction of sp³-hybridized carbons (Fsp3) is 0.211. The highest BCUT2D eigenvalue weighted by molar-refractivity contribution is 6.32. The zero-order valence-corrected chi connectivity index (χ0v) is 15.1. The van der Waals surface area contributed by atoms with Crippen molar-refractivity contribution in [3.05, 3.63) is 65.4 Å². The largest absolute Gasteiger partial charge is 0.479 e. The first kappa shape index (κ1) is 18.1. The van der Waals surface area contributed by atoms with Crippen LogP contribution in [0.1, 0.15) is 19.5 Å². The van der Waals surface area contributed by atoms with Gasteiger partial charge in [0, 0.05) is 6.20 Å². The second kappa shape index (κ2) is 7.27. The minimum Gasteiger partial charge on any atom is -0.479 e. The number of pyridine rings is 1. The van der Waals surface area contributed by atoms with Crippen LogP contribution in [-0.2, 0) is 16.1 Å². The predicted molar refractivity (Wildman–Crippen MR) is 98.3 cm³/mol. The van der Waals surface area contributed by atoms with E-state index in [1.54, 1.807) is 16.9 Å². The molecule has 0 radical (unpaired) electrons. The van der Waals surface area contributed by atoms with Crippen LogP contribution in [0.3, 0.4) is 0 Å². The topological polar surface area (TPSA) is 77.2 Å². The van der Waals surface area contributed by atoms with Crippen molar-refractivity contribution in [3.63, 3.8) is 0 Å². The van der Waals surface area contributed by atoms with Crippen LogP contribution in [0, 0.1) is 0 Å². The van der Waals surface area contributed by atoms with Crippen molar-refractivity contribution in [2.24, 2.45) is 0 Å². The van der Waals surface area contributed by atoms with Crippen molar-refractivity contribution in [2.75, 3.05) is 0 Å². The van der Waals surface area contributed by atoms with Crippen molar-refractivity contribution in [3.8, 4) is 17.1 Å². The Morgan fingerprint density at radius 1 is 1.23 bits per heavy atom. The Labute approximate surface area is 156 Å². The fourth-order valence-electron chi connectivity index (χ4n) is 2.32. The maximum absolute atomic E-state index is 11.2. The highest BCUT2D eigenvalue weighted by atomic mass is 35.5. The summed E-state index contributed by atoms with van der Waals surface area (Å²) in [4.78, 5) is 15.6. The summed E-state index contributed by atoms with van der Waals surface area (Å²) in [5, 5.41) is 14.3. The number of halogens is 1. The van der Waals surface area contributed by atoms with Crippen LogP contribution >= 0.6 is 11.6 Å². The summed E-state index contributed by atoms with van der Waals surface area (Å²) in [6.07, 6.45) is 1.70. The first-order valence-corrected chi connectivity index (χ1v) is 8.39. The summed E-state index contributed by atoms with van der Waals surface area (Å²) in [6.45, 7) is 3.05. The lowest BCUT2D eigenvalue weighted by Gasteiger charge is -2.19. The molecule has 0 amide bonds. The molecular weight excluding hydrogens is 354 g/mol. The number of hydrogen-bond donors (Lipinski definition) is 1. The SMILES string of the molecule is CC(C)(OCc1cc(-c2ccccn2)n(-c2ccccc2Cl)n1)C(=O)O. The van der Waals surface area contributed by atoms with Crippen LogP contribution in [0.15, 0.2) is 54.7 Å². The Morgan fingerprint density at radius 3 is 2.62 bits per heavy atom. The van der Waals surface area contributed by atoms with Gasteiger partial charge in [-0.15, -0.1) is 0 Å². The molecule has 0 atom stereocenters. The van der Waals surface area contributed by atoms with E-state index in [2.05, 4.69) is 10.1 Å². The molecule has 6 nitrogen and oxygen atoms in total. The predicted octanol–water partition coefficient (Wildman–Crippen LogP) is 3.97. The molecule has 26 heavy (non-hydrogen) atoms. The van der Waals surface area contributed by atoms with Crippen molar-refractivity contribution in [2.45, 2.75) is 26.1 Å². The molecule has 0 spiro atoms. The van der Waals surface area contributed by atoms with Gasteiger partial charge >= 0.3 is 5.97 Å². The van der Waals surface area contributed by atoms with Gasteiger partial charge in [-0.1, -0.05) is 29.8 Å². The number of hydrogen-bond acceptors (Lipinski definition) is 4. The van der Waals surface area contributed by atoms with Crippen LogP contribution in [0.25, 0.3) is 17.1 Å². The standard InChI is InChI=1S/C19H18ClN3O3/c1-19(2,18(24)25)26-12-13-11-17(15-8-5-6-10-21-15)23(22-13)16-9-4-3-7-14(16)20/h3-11H,12H2,1-2H3,(H,24,25). The molecule has 0 bridgehead atoms. The second-order valence-corrected chi connectivity index (χ2v) is 6.61. The molecular formula is C19H18ClN3O3. The molecule has 134 valence electrons. The highest BCUT2D eigenvalue weighted by Gasteiger charge is 2.28. The van der Waals surface area contributed by atoms with Crippen molar-refractivity contribution >= 4 is 17.6 Å². The van der Waals surface area contributed by atoms with Gasteiger partial charge in [0.2, 0.25) is 0 Å². The summed E-state index contributed by atoms with van der Waals surface area (Å²) >= 11 is 6.33. The van der Waals surface area contributed by atoms with Crippen LogP contribution in [0.5, 0.6) is 0 Å². The third-order valence-electron chi connectivity index (χ3n) is 3.86. The molecule has 1 N–H and O–H groups in total. The smallest absolute Gasteiger partial charge is 0.335 e. The van der Waals surface area contributed by atoms with E-state index in [1.807, 2.05) is 42.5 Å². The lowest BCUT2D eigenvalue weighted by Crippen LogP contribution is -2.34. The third kappa shape index (κ3) is 3.76. The zero-order valence-electron chi connectivity index (χ0n) is 14.4. The van der Waals surface area contributed by atoms with Crippen LogP contribution in [0.2, 0.25) is 5.02 Å². The minimum absolute atomic E-state index is 0.0522. The van der Waals surface area contributed by atoms with Crippen molar-refractivity contribution < 1.29 is 14.6 Å². The van der Waals surface area contributed by atoms with Crippen molar-refractivity contribution in [1.29, 1.82) is 0 Å². The van der Waals surface area contributed by atoms with E-state index in [1.165, 1.54) is 13.8 Å². The molecule has 0 saturated heterocycles. The highest BCUT2D eigenvalue weighted by Crippen LogP contribution is 2.27. The van der Waals surface area contributed by atoms with Gasteiger partial charge in [0.15, 0.2) is 5.60 Å². The number of carboxylic acid groups (broad SMARTS) is 1. The quantitative estimate of drug-likeness (QED) is 0.709. The number of carboxylic acids is 1. The van der Waals surface area contributed by atoms with Gasteiger partial charge in [0.1, 0.15) is 0 Å². The first-order chi connectivity index (χ1) is 12.4. The lowest BCUT2D eigenvalue weighted by molar-refractivity contribution is -0.162. The van der Waals surface area contributed by atoms with Gasteiger partial charge in [-0.05, 0) is 44.2 Å². The summed E-state index contributed by atoms with van der Waals surface area (Å²) < 4.78 is 7.21. The number of benzene rings is 1. The Morgan fingerprint density at radius 2 is 1.96 bits per heavy atom. The van der Waals surface area contributed by atoms with Gasteiger partial charge in [-0.3, -0.25) is 4.98 Å². The van der Waals surface area contributed by atoms with E-state index < -0.39 is 11.6 Å². The number of ether oxygens (including phenoxy) is 1. The molecule has 0 aliphatic rings. The van der Waals surface area contributed by atoms with Gasteiger partial charge in [0.25, 0.3) is 0 Å². The molecule has 0 saturated carbocycles. The molecule has 7 heteroatoms. The molecule has 0 fully saturated rings. The van der Waals surface area contributed by atoms with Gasteiger partial charge in [0.05, 0.1) is 34.4 Å². The number of aromatic nitrogens is 3. The number of aliphatic carboxylic acids is 1. The van der Waals surface area contributed by atoms with Crippen molar-refractivity contribution in [1.82, 2.24) is 14.8 Å². The van der Waals surface area contributed by atoms with E-state index >= 15 is 0 Å². The Balaban J connectivity index is 2.01. The van der Waals surface area contributed by atoms with Gasteiger partial charge in [-0.25, -0.2) is 9.48 Å². The summed E-state index contributed by atoms with van der Waals surface area (Å²) in [6, 6.07) is 14.8. The molecule has 0 unspecified atom stereocenters. The van der Waals surface area contributed by atoms with E-state index in [4.69, 9.17) is 16.3 Å². The average molecular weight is 372 g/mol. The Hall–Kier alpha value is -2.70. The molecule has 0 aliphatic carbocycles. The lowest BCUT2D eigenvalue weighted by atomic mass is 10.1. The monoisotopic (exact) mass is 371 g/mol. The molecule has 3 rings (SSSR count). The molecule has 3 aromatic rings. The number of rotatable bonds is 6. The van der Waals surface area contributed by atoms with E-state index in [9.17, 15) is 9.90 Å². The fourth-order valence-corrected chi connectivity index (χ4v) is 2.54.